The number of nitrogens with zero attached hydrogens (tertiary/aromatic N) is 1. The highest BCUT2D eigenvalue weighted by molar-refractivity contribution is 5.03. The molecule has 1 aromatic heterocycles. The Kier molecular flexibility index (Phi) is 2.31. The Morgan fingerprint density at radius 2 is 2.50 bits per heavy atom. The van der Waals surface area contributed by atoms with Gasteiger partial charge < -0.3 is 4.74 Å². The molecule has 0 fully saturated rings. The van der Waals surface area contributed by atoms with Crippen LogP contribution in [-0.2, 0) is 0 Å². The molecule has 0 amide bonds. The molecule has 3 nitrogen and oxygen atoms in total. The fraction of sp³-hybridized carbons (Fsp3) is 0.571. The minimum absolute atomic E-state index is 0.552. The number of hydrogen-bond donors (Lipinski definition) is 1. The van der Waals surface area contributed by atoms with Crippen LogP contribution in [-0.4, -0.2) is 16.8 Å². The molecule has 0 aliphatic carbocycles. The van der Waals surface area contributed by atoms with E-state index in [0.29, 0.717) is 11.8 Å². The highest BCUT2D eigenvalue weighted by Gasteiger charge is 1.96. The Bertz CT molecular complexity index is 170. The van der Waals surface area contributed by atoms with E-state index in [4.69, 9.17) is 4.74 Å². The zero-order chi connectivity index (χ0) is 7.40. The second kappa shape index (κ2) is 3.25. The van der Waals surface area contributed by atoms with Gasteiger partial charge in [0.15, 0.2) is 0 Å². The van der Waals surface area contributed by atoms with Crippen molar-refractivity contribution in [2.24, 2.45) is 5.92 Å². The van der Waals surface area contributed by atoms with Gasteiger partial charge in [-0.1, -0.05) is 13.8 Å². The van der Waals surface area contributed by atoms with E-state index in [-0.39, 0.29) is 0 Å². The number of nitrogens with one attached hydrogen (secondary N) is 1. The van der Waals surface area contributed by atoms with Crippen molar-refractivity contribution in [3.8, 4) is 5.88 Å². The molecule has 0 saturated carbocycles. The molecule has 0 radical (unpaired) electrons. The standard InChI is InChI=1S/C7H12N2O/c1-6(2)5-10-7-3-4-8-9-7/h3-4,6H,5H2,1-2H3,(H,8,9). The summed E-state index contributed by atoms with van der Waals surface area (Å²) in [6.07, 6.45) is 1.75. The fourth-order valence-electron chi connectivity index (χ4n) is 0.579. The first kappa shape index (κ1) is 7.12. The summed E-state index contributed by atoms with van der Waals surface area (Å²) in [6, 6.07) is 1.81. The van der Waals surface area contributed by atoms with E-state index < -0.39 is 0 Å². The summed E-state index contributed by atoms with van der Waals surface area (Å²) in [7, 11) is 0. The summed E-state index contributed by atoms with van der Waals surface area (Å²) >= 11 is 0. The molecule has 0 saturated heterocycles. The third-order valence-corrected chi connectivity index (χ3v) is 1.04. The monoisotopic (exact) mass is 140 g/mol. The van der Waals surface area contributed by atoms with Crippen LogP contribution in [0.15, 0.2) is 12.3 Å². The topological polar surface area (TPSA) is 37.9 Å². The van der Waals surface area contributed by atoms with E-state index in [1.807, 2.05) is 6.07 Å². The summed E-state index contributed by atoms with van der Waals surface area (Å²) < 4.78 is 5.27. The number of ether oxygens (including phenoxy) is 1. The summed E-state index contributed by atoms with van der Waals surface area (Å²) in [5, 5.41) is 6.52. The Hall–Kier alpha value is -0.990. The van der Waals surface area contributed by atoms with Crippen molar-refractivity contribution >= 4 is 0 Å². The van der Waals surface area contributed by atoms with Crippen LogP contribution >= 0.6 is 0 Å². The van der Waals surface area contributed by atoms with Crippen LogP contribution in [0.5, 0.6) is 5.88 Å². The Balaban J connectivity index is 2.28. The van der Waals surface area contributed by atoms with E-state index in [1.54, 1.807) is 6.20 Å². The number of hydrogen-bond acceptors (Lipinski definition) is 2. The van der Waals surface area contributed by atoms with Crippen LogP contribution in [0.1, 0.15) is 13.8 Å². The van der Waals surface area contributed by atoms with Crippen molar-refractivity contribution in [3.63, 3.8) is 0 Å². The van der Waals surface area contributed by atoms with Gasteiger partial charge in [-0.15, -0.1) is 5.10 Å². The predicted molar refractivity (Wildman–Crippen MR) is 38.9 cm³/mol. The normalized spacial score (nSPS) is 10.3. The van der Waals surface area contributed by atoms with Gasteiger partial charge in [0.25, 0.3) is 0 Å². The van der Waals surface area contributed by atoms with Crippen molar-refractivity contribution in [1.29, 1.82) is 0 Å². The molecule has 0 atom stereocenters. The van der Waals surface area contributed by atoms with Gasteiger partial charge in [0.05, 0.1) is 6.61 Å². The van der Waals surface area contributed by atoms with Crippen LogP contribution < -0.4 is 4.74 Å². The van der Waals surface area contributed by atoms with Gasteiger partial charge in [0, 0.05) is 12.3 Å². The molecule has 0 bridgehead atoms. The highest BCUT2D eigenvalue weighted by atomic mass is 16.5. The number of aromatic amines is 1. The average molecular weight is 140 g/mol. The highest BCUT2D eigenvalue weighted by Crippen LogP contribution is 2.03. The lowest BCUT2D eigenvalue weighted by molar-refractivity contribution is 0.261. The first-order valence-electron chi connectivity index (χ1n) is 3.41. The number of H-pyrrole nitrogens is 1. The molecular weight excluding hydrogens is 128 g/mol. The minimum Gasteiger partial charge on any atom is -0.476 e. The maximum atomic E-state index is 5.27. The van der Waals surface area contributed by atoms with Crippen molar-refractivity contribution in [1.82, 2.24) is 10.2 Å². The van der Waals surface area contributed by atoms with Crippen LogP contribution in [0.4, 0.5) is 0 Å². The molecule has 0 unspecified atom stereocenters. The maximum Gasteiger partial charge on any atom is 0.232 e. The van der Waals surface area contributed by atoms with E-state index in [9.17, 15) is 0 Å². The van der Waals surface area contributed by atoms with Gasteiger partial charge in [-0.05, 0) is 5.92 Å². The lowest BCUT2D eigenvalue weighted by atomic mass is 10.2. The van der Waals surface area contributed by atoms with E-state index in [1.165, 1.54) is 0 Å². The van der Waals surface area contributed by atoms with E-state index in [2.05, 4.69) is 24.0 Å². The zero-order valence-corrected chi connectivity index (χ0v) is 6.29. The third-order valence-electron chi connectivity index (χ3n) is 1.04. The summed E-state index contributed by atoms with van der Waals surface area (Å²) in [5.41, 5.74) is 0. The van der Waals surface area contributed by atoms with Crippen molar-refractivity contribution < 1.29 is 4.74 Å². The molecule has 0 aromatic carbocycles. The Labute approximate surface area is 60.4 Å². The smallest absolute Gasteiger partial charge is 0.232 e. The van der Waals surface area contributed by atoms with E-state index in [0.717, 1.165) is 6.61 Å². The van der Waals surface area contributed by atoms with Gasteiger partial charge in [-0.2, -0.15) is 0 Å². The van der Waals surface area contributed by atoms with Crippen LogP contribution in [0.3, 0.4) is 0 Å². The van der Waals surface area contributed by atoms with Gasteiger partial charge in [-0.3, -0.25) is 5.10 Å². The molecule has 1 N–H and O–H groups in total. The lowest BCUT2D eigenvalue weighted by Crippen LogP contribution is -2.04. The van der Waals surface area contributed by atoms with E-state index >= 15 is 0 Å². The summed E-state index contributed by atoms with van der Waals surface area (Å²) in [6.45, 7) is 4.93. The van der Waals surface area contributed by atoms with Gasteiger partial charge in [0.1, 0.15) is 0 Å². The van der Waals surface area contributed by atoms with Crippen LogP contribution in [0.2, 0.25) is 0 Å². The summed E-state index contributed by atoms with van der Waals surface area (Å²) in [5.74, 6) is 1.23. The van der Waals surface area contributed by atoms with Gasteiger partial charge in [-0.25, -0.2) is 0 Å². The molecule has 0 aliphatic rings. The third kappa shape index (κ3) is 2.09. The quantitative estimate of drug-likeness (QED) is 0.690. The molecule has 0 spiro atoms. The van der Waals surface area contributed by atoms with Crippen LogP contribution in [0.25, 0.3) is 0 Å². The SMILES string of the molecule is CC(C)COc1cc[nH]n1. The first-order chi connectivity index (χ1) is 4.79. The van der Waals surface area contributed by atoms with Crippen molar-refractivity contribution in [3.05, 3.63) is 12.3 Å². The molecule has 56 valence electrons. The Morgan fingerprint density at radius 1 is 1.70 bits per heavy atom. The molecule has 1 heterocycles. The minimum atomic E-state index is 0.552. The first-order valence-corrected chi connectivity index (χ1v) is 3.41. The van der Waals surface area contributed by atoms with Crippen molar-refractivity contribution in [2.45, 2.75) is 13.8 Å². The van der Waals surface area contributed by atoms with Gasteiger partial charge in [0.2, 0.25) is 5.88 Å². The zero-order valence-electron chi connectivity index (χ0n) is 6.29. The molecule has 3 heteroatoms. The molecule has 10 heavy (non-hydrogen) atoms. The summed E-state index contributed by atoms with van der Waals surface area (Å²) in [4.78, 5) is 0. The maximum absolute atomic E-state index is 5.27. The molecule has 1 rings (SSSR count). The molecule has 1 aromatic rings. The van der Waals surface area contributed by atoms with Crippen LogP contribution in [0, 0.1) is 5.92 Å². The average Bonchev–Trinajstić information content (AvgIpc) is 2.34. The second-order valence-corrected chi connectivity index (χ2v) is 2.62. The Morgan fingerprint density at radius 3 is 3.00 bits per heavy atom. The van der Waals surface area contributed by atoms with Crippen molar-refractivity contribution in [2.75, 3.05) is 6.61 Å². The van der Waals surface area contributed by atoms with Gasteiger partial charge >= 0.3 is 0 Å². The second-order valence-electron chi connectivity index (χ2n) is 2.62. The lowest BCUT2D eigenvalue weighted by Gasteiger charge is -2.03. The number of aromatic nitrogens is 2. The fourth-order valence-corrected chi connectivity index (χ4v) is 0.579. The number of rotatable bonds is 3. The molecule has 0 aliphatic heterocycles. The predicted octanol–water partition coefficient (Wildman–Crippen LogP) is 1.44. The molecular formula is C7H12N2O. The largest absolute Gasteiger partial charge is 0.476 e.